The van der Waals surface area contributed by atoms with Crippen molar-refractivity contribution in [3.05, 3.63) is 42.0 Å². The minimum Gasteiger partial charge on any atom is -0.497 e. The van der Waals surface area contributed by atoms with E-state index < -0.39 is 21.8 Å². The molecule has 2 aromatic carbocycles. The third kappa shape index (κ3) is 4.73. The highest BCUT2D eigenvalue weighted by Crippen LogP contribution is 2.38. The maximum atomic E-state index is 13.3. The van der Waals surface area contributed by atoms with Gasteiger partial charge in [-0.25, -0.2) is 8.42 Å². The zero-order chi connectivity index (χ0) is 21.9. The Hall–Kier alpha value is -2.66. The summed E-state index contributed by atoms with van der Waals surface area (Å²) in [6, 6.07) is 7.13. The van der Waals surface area contributed by atoms with Gasteiger partial charge in [-0.15, -0.1) is 0 Å². The number of alkyl halides is 3. The van der Waals surface area contributed by atoms with Crippen LogP contribution in [0.5, 0.6) is 11.5 Å². The highest BCUT2D eigenvalue weighted by atomic mass is 32.2. The second kappa shape index (κ2) is 8.60. The number of anilines is 2. The van der Waals surface area contributed by atoms with Crippen molar-refractivity contribution in [2.45, 2.75) is 11.1 Å². The van der Waals surface area contributed by atoms with Crippen LogP contribution in [0, 0.1) is 0 Å². The van der Waals surface area contributed by atoms with E-state index in [1.54, 1.807) is 4.90 Å². The molecule has 1 aliphatic heterocycles. The van der Waals surface area contributed by atoms with E-state index in [0.29, 0.717) is 32.0 Å². The number of nitrogens with zero attached hydrogens (tertiary/aromatic N) is 1. The third-order valence-corrected chi connectivity index (χ3v) is 5.97. The van der Waals surface area contributed by atoms with Crippen LogP contribution in [0.25, 0.3) is 0 Å². The summed E-state index contributed by atoms with van der Waals surface area (Å²) < 4.78 is 83.7. The first kappa shape index (κ1) is 22.0. The van der Waals surface area contributed by atoms with Gasteiger partial charge >= 0.3 is 6.18 Å². The Morgan fingerprint density at radius 2 is 1.73 bits per heavy atom. The fourth-order valence-corrected chi connectivity index (χ4v) is 4.32. The summed E-state index contributed by atoms with van der Waals surface area (Å²) in [6.07, 6.45) is -4.63. The Bertz CT molecular complexity index is 1010. The second-order valence-electron chi connectivity index (χ2n) is 6.45. The first-order valence-electron chi connectivity index (χ1n) is 8.94. The summed E-state index contributed by atoms with van der Waals surface area (Å²) in [6.45, 7) is 1.61. The zero-order valence-electron chi connectivity index (χ0n) is 16.3. The number of morpholine rings is 1. The molecule has 0 aromatic heterocycles. The number of ether oxygens (including phenoxy) is 3. The van der Waals surface area contributed by atoms with Gasteiger partial charge in [-0.2, -0.15) is 13.2 Å². The Labute approximate surface area is 172 Å². The minimum absolute atomic E-state index is 0.0307. The molecule has 1 fully saturated rings. The lowest BCUT2D eigenvalue weighted by Gasteiger charge is -2.31. The summed E-state index contributed by atoms with van der Waals surface area (Å²) in [5, 5.41) is 0. The van der Waals surface area contributed by atoms with Gasteiger partial charge in [0.2, 0.25) is 0 Å². The van der Waals surface area contributed by atoms with Crippen molar-refractivity contribution >= 4 is 21.4 Å². The van der Waals surface area contributed by atoms with Crippen molar-refractivity contribution in [2.24, 2.45) is 0 Å². The summed E-state index contributed by atoms with van der Waals surface area (Å²) in [5.74, 6) is 0.289. The molecule has 164 valence electrons. The fourth-order valence-electron chi connectivity index (χ4n) is 3.07. The molecule has 7 nitrogen and oxygen atoms in total. The van der Waals surface area contributed by atoms with Gasteiger partial charge in [0.05, 0.1) is 44.4 Å². The van der Waals surface area contributed by atoms with Crippen LogP contribution in [0.3, 0.4) is 0 Å². The maximum absolute atomic E-state index is 13.3. The smallest absolute Gasteiger partial charge is 0.416 e. The molecule has 1 heterocycles. The first-order valence-corrected chi connectivity index (χ1v) is 10.4. The van der Waals surface area contributed by atoms with Gasteiger partial charge in [-0.3, -0.25) is 4.72 Å². The molecule has 0 bridgehead atoms. The van der Waals surface area contributed by atoms with E-state index in [1.165, 1.54) is 38.5 Å². The van der Waals surface area contributed by atoms with Crippen LogP contribution in [-0.4, -0.2) is 48.9 Å². The molecule has 1 saturated heterocycles. The first-order chi connectivity index (χ1) is 14.2. The van der Waals surface area contributed by atoms with E-state index in [0.717, 1.165) is 12.1 Å². The topological polar surface area (TPSA) is 77.1 Å². The van der Waals surface area contributed by atoms with Crippen LogP contribution in [-0.2, 0) is 20.9 Å². The van der Waals surface area contributed by atoms with Crippen LogP contribution >= 0.6 is 0 Å². The maximum Gasteiger partial charge on any atom is 0.416 e. The monoisotopic (exact) mass is 446 g/mol. The third-order valence-electron chi connectivity index (χ3n) is 4.58. The van der Waals surface area contributed by atoms with E-state index in [-0.39, 0.29) is 22.1 Å². The van der Waals surface area contributed by atoms with Crippen LogP contribution in [0.1, 0.15) is 5.56 Å². The van der Waals surface area contributed by atoms with Crippen molar-refractivity contribution in [1.29, 1.82) is 0 Å². The second-order valence-corrected chi connectivity index (χ2v) is 8.10. The molecule has 2 aromatic rings. The van der Waals surface area contributed by atoms with Crippen molar-refractivity contribution in [1.82, 2.24) is 0 Å². The van der Waals surface area contributed by atoms with E-state index in [9.17, 15) is 21.6 Å². The highest BCUT2D eigenvalue weighted by molar-refractivity contribution is 7.92. The average Bonchev–Trinajstić information content (AvgIpc) is 2.73. The Morgan fingerprint density at radius 3 is 2.33 bits per heavy atom. The van der Waals surface area contributed by atoms with E-state index in [4.69, 9.17) is 14.2 Å². The predicted molar refractivity (Wildman–Crippen MR) is 105 cm³/mol. The van der Waals surface area contributed by atoms with Gasteiger partial charge in [0.15, 0.2) is 0 Å². The molecule has 3 rings (SSSR count). The standard InChI is InChI=1S/C19H21F3N2O5S/c1-27-14-4-6-17(28-2)18(12-14)30(25,26)23-15-11-13(19(20,21)22)3-5-16(15)24-7-9-29-10-8-24/h3-6,11-12,23H,7-10H2,1-2H3. The van der Waals surface area contributed by atoms with Crippen molar-refractivity contribution in [3.8, 4) is 11.5 Å². The molecule has 11 heteroatoms. The molecule has 0 atom stereocenters. The van der Waals surface area contributed by atoms with Crippen molar-refractivity contribution < 1.29 is 35.8 Å². The highest BCUT2D eigenvalue weighted by Gasteiger charge is 2.32. The Morgan fingerprint density at radius 1 is 1.03 bits per heavy atom. The number of nitrogens with one attached hydrogen (secondary N) is 1. The van der Waals surface area contributed by atoms with Gasteiger partial charge in [0, 0.05) is 19.2 Å². The van der Waals surface area contributed by atoms with Crippen LogP contribution in [0.2, 0.25) is 0 Å². The average molecular weight is 446 g/mol. The number of benzene rings is 2. The molecule has 0 saturated carbocycles. The van der Waals surface area contributed by atoms with Gasteiger partial charge in [-0.05, 0) is 30.3 Å². The normalized spacial score (nSPS) is 15.0. The van der Waals surface area contributed by atoms with Gasteiger partial charge in [0.25, 0.3) is 10.0 Å². The van der Waals surface area contributed by atoms with Crippen molar-refractivity contribution in [3.63, 3.8) is 0 Å². The quantitative estimate of drug-likeness (QED) is 0.734. The lowest BCUT2D eigenvalue weighted by molar-refractivity contribution is -0.137. The molecular formula is C19H21F3N2O5S. The van der Waals surface area contributed by atoms with E-state index >= 15 is 0 Å². The van der Waals surface area contributed by atoms with Gasteiger partial charge in [-0.1, -0.05) is 0 Å². The summed E-state index contributed by atoms with van der Waals surface area (Å²) >= 11 is 0. The Balaban J connectivity index is 2.07. The Kier molecular flexibility index (Phi) is 6.32. The van der Waals surface area contributed by atoms with E-state index in [1.807, 2.05) is 0 Å². The predicted octanol–water partition coefficient (Wildman–Crippen LogP) is 3.36. The molecule has 1 N–H and O–H groups in total. The summed E-state index contributed by atoms with van der Waals surface area (Å²) in [5.41, 5.74) is -0.817. The molecule has 0 aliphatic carbocycles. The molecule has 1 aliphatic rings. The fraction of sp³-hybridized carbons (Fsp3) is 0.368. The molecule has 0 amide bonds. The number of halogens is 3. The SMILES string of the molecule is COc1ccc(OC)c(S(=O)(=O)Nc2cc(C(F)(F)F)ccc2N2CCOCC2)c1. The number of sulfonamides is 1. The van der Waals surface area contributed by atoms with Crippen LogP contribution in [0.4, 0.5) is 24.5 Å². The molecule has 0 unspecified atom stereocenters. The summed E-state index contributed by atoms with van der Waals surface area (Å²) in [7, 11) is -1.63. The largest absolute Gasteiger partial charge is 0.497 e. The molecule has 0 spiro atoms. The molecule has 0 radical (unpaired) electrons. The lowest BCUT2D eigenvalue weighted by atomic mass is 10.1. The number of rotatable bonds is 6. The molecule has 30 heavy (non-hydrogen) atoms. The van der Waals surface area contributed by atoms with Crippen molar-refractivity contribution in [2.75, 3.05) is 50.1 Å². The number of hydrogen-bond acceptors (Lipinski definition) is 6. The summed E-state index contributed by atoms with van der Waals surface area (Å²) in [4.78, 5) is 1.51. The number of hydrogen-bond donors (Lipinski definition) is 1. The molecular weight excluding hydrogens is 425 g/mol. The number of methoxy groups -OCH3 is 2. The van der Waals surface area contributed by atoms with Gasteiger partial charge < -0.3 is 19.1 Å². The van der Waals surface area contributed by atoms with Gasteiger partial charge in [0.1, 0.15) is 16.4 Å². The lowest BCUT2D eigenvalue weighted by Crippen LogP contribution is -2.36. The minimum atomic E-state index is -4.63. The van der Waals surface area contributed by atoms with E-state index in [2.05, 4.69) is 4.72 Å². The van der Waals surface area contributed by atoms with Crippen LogP contribution in [0.15, 0.2) is 41.3 Å². The zero-order valence-corrected chi connectivity index (χ0v) is 17.1. The van der Waals surface area contributed by atoms with Crippen LogP contribution < -0.4 is 19.1 Å².